The van der Waals surface area contributed by atoms with Crippen LogP contribution < -0.4 is 19.7 Å². The number of para-hydroxylation sites is 2. The van der Waals surface area contributed by atoms with Crippen LogP contribution in [0.5, 0.6) is 5.75 Å². The number of aryl methyl sites for hydroxylation is 2. The molecular weight excluding hydrogens is 667 g/mol. The summed E-state index contributed by atoms with van der Waals surface area (Å²) in [7, 11) is -2.20. The zero-order chi connectivity index (χ0) is 34.1. The molecule has 0 saturated carbocycles. The third-order valence-corrected chi connectivity index (χ3v) is 10.7. The average Bonchev–Trinajstić information content (AvgIpc) is 3.22. The maximum absolute atomic E-state index is 14.3. The van der Waals surface area contributed by atoms with E-state index >= 15 is 0 Å². The van der Waals surface area contributed by atoms with Gasteiger partial charge in [-0.05, 0) is 78.6 Å². The SMILES string of the molecule is CN=S(=O)(NC1CN(C(=O)Nc2cccc(Cl)c2)CC(N2c3ccccc3CCc3ccccc32)C1O)c1ccc(OC(F)(F)F)cc1. The van der Waals surface area contributed by atoms with Crippen LogP contribution in [-0.4, -0.2) is 64.9 Å². The molecule has 2 aliphatic heterocycles. The monoisotopic (exact) mass is 699 g/mol. The van der Waals surface area contributed by atoms with Crippen molar-refractivity contribution in [1.82, 2.24) is 9.62 Å². The summed E-state index contributed by atoms with van der Waals surface area (Å²) in [5, 5.41) is 15.4. The van der Waals surface area contributed by atoms with Gasteiger partial charge < -0.3 is 25.0 Å². The molecule has 2 amide bonds. The van der Waals surface area contributed by atoms with E-state index in [4.69, 9.17) is 11.6 Å². The molecule has 1 fully saturated rings. The minimum Gasteiger partial charge on any atom is -0.406 e. The summed E-state index contributed by atoms with van der Waals surface area (Å²) in [5.74, 6) is -0.482. The van der Waals surface area contributed by atoms with Gasteiger partial charge in [-0.3, -0.25) is 0 Å². The van der Waals surface area contributed by atoms with Crippen LogP contribution in [0.1, 0.15) is 11.1 Å². The molecule has 0 aromatic heterocycles. The number of fused-ring (bicyclic) bond motifs is 2. The van der Waals surface area contributed by atoms with Crippen LogP contribution in [0.15, 0.2) is 106 Å². The van der Waals surface area contributed by atoms with E-state index in [2.05, 4.69) is 19.1 Å². The quantitative estimate of drug-likeness (QED) is 0.206. The van der Waals surface area contributed by atoms with E-state index in [9.17, 15) is 27.3 Å². The molecule has 14 heteroatoms. The van der Waals surface area contributed by atoms with Gasteiger partial charge in [0.15, 0.2) is 0 Å². The molecule has 4 atom stereocenters. The van der Waals surface area contributed by atoms with Crippen molar-refractivity contribution in [2.75, 3.05) is 30.4 Å². The number of carbonyl (C=O) groups is 1. The first kappa shape index (κ1) is 33.6. The van der Waals surface area contributed by atoms with Gasteiger partial charge in [0, 0.05) is 42.2 Å². The maximum atomic E-state index is 14.3. The minimum absolute atomic E-state index is 0.0665. The van der Waals surface area contributed by atoms with E-state index in [0.717, 1.165) is 47.5 Å². The average molecular weight is 700 g/mol. The van der Waals surface area contributed by atoms with Crippen LogP contribution in [0.4, 0.5) is 35.0 Å². The van der Waals surface area contributed by atoms with E-state index in [1.54, 1.807) is 24.3 Å². The Morgan fingerprint density at radius 2 is 1.56 bits per heavy atom. The molecule has 4 aromatic carbocycles. The molecule has 3 N–H and O–H groups in total. The van der Waals surface area contributed by atoms with Crippen LogP contribution in [-0.2, 0) is 22.8 Å². The number of benzene rings is 4. The fraction of sp³-hybridized carbons (Fsp3) is 0.265. The molecular formula is C34H33ClF3N5O4S. The van der Waals surface area contributed by atoms with E-state index in [1.807, 2.05) is 53.4 Å². The van der Waals surface area contributed by atoms with Crippen LogP contribution in [0.2, 0.25) is 5.02 Å². The Bertz CT molecular complexity index is 1870. The smallest absolute Gasteiger partial charge is 0.406 e. The molecule has 2 heterocycles. The molecule has 0 radical (unpaired) electrons. The lowest BCUT2D eigenvalue weighted by atomic mass is 9.94. The number of urea groups is 1. The van der Waals surface area contributed by atoms with Crippen molar-refractivity contribution in [3.63, 3.8) is 0 Å². The topological polar surface area (TPSA) is 106 Å². The molecule has 6 rings (SSSR count). The van der Waals surface area contributed by atoms with E-state index in [1.165, 1.54) is 24.1 Å². The third kappa shape index (κ3) is 7.24. The Morgan fingerprint density at radius 3 is 2.15 bits per heavy atom. The van der Waals surface area contributed by atoms with Crippen molar-refractivity contribution < 1.29 is 32.0 Å². The lowest BCUT2D eigenvalue weighted by molar-refractivity contribution is -0.274. The van der Waals surface area contributed by atoms with Crippen molar-refractivity contribution in [2.45, 2.75) is 42.3 Å². The zero-order valence-corrected chi connectivity index (χ0v) is 27.3. The minimum atomic E-state index is -4.89. The predicted molar refractivity (Wildman–Crippen MR) is 179 cm³/mol. The Labute approximate surface area is 281 Å². The summed E-state index contributed by atoms with van der Waals surface area (Å²) in [4.78, 5) is 17.5. The lowest BCUT2D eigenvalue weighted by Gasteiger charge is -2.47. The summed E-state index contributed by atoms with van der Waals surface area (Å²) in [6.45, 7) is 0.0331. The molecule has 0 spiro atoms. The van der Waals surface area contributed by atoms with Crippen molar-refractivity contribution >= 4 is 44.6 Å². The highest BCUT2D eigenvalue weighted by molar-refractivity contribution is 7.91. The van der Waals surface area contributed by atoms with Gasteiger partial charge in [-0.15, -0.1) is 13.2 Å². The fourth-order valence-corrected chi connectivity index (χ4v) is 8.00. The van der Waals surface area contributed by atoms with Crippen molar-refractivity contribution in [1.29, 1.82) is 0 Å². The Hall–Kier alpha value is -4.30. The molecule has 4 aromatic rings. The van der Waals surface area contributed by atoms with Crippen molar-refractivity contribution in [2.24, 2.45) is 4.36 Å². The van der Waals surface area contributed by atoms with Gasteiger partial charge in [-0.1, -0.05) is 54.1 Å². The Morgan fingerprint density at radius 1 is 0.938 bits per heavy atom. The van der Waals surface area contributed by atoms with Gasteiger partial charge in [-0.2, -0.15) is 0 Å². The highest BCUT2D eigenvalue weighted by Gasteiger charge is 2.44. The number of piperidine rings is 1. The first-order valence-electron chi connectivity index (χ1n) is 15.2. The van der Waals surface area contributed by atoms with Gasteiger partial charge >= 0.3 is 12.4 Å². The largest absolute Gasteiger partial charge is 0.573 e. The summed E-state index contributed by atoms with van der Waals surface area (Å²) >= 11 is 6.16. The number of carbonyl (C=O) groups excluding carboxylic acids is 1. The van der Waals surface area contributed by atoms with Gasteiger partial charge in [-0.25, -0.2) is 18.1 Å². The fourth-order valence-electron chi connectivity index (χ4n) is 6.23. The second-order valence-corrected chi connectivity index (χ2v) is 14.0. The van der Waals surface area contributed by atoms with Gasteiger partial charge in [0.05, 0.1) is 23.1 Å². The number of halogens is 4. The highest BCUT2D eigenvalue weighted by atomic mass is 35.5. The van der Waals surface area contributed by atoms with E-state index in [0.29, 0.717) is 10.7 Å². The number of hydrogen-bond acceptors (Lipinski definition) is 6. The highest BCUT2D eigenvalue weighted by Crippen LogP contribution is 2.40. The number of aliphatic hydroxyl groups excluding tert-OH is 1. The third-order valence-electron chi connectivity index (χ3n) is 8.44. The number of ether oxygens (including phenoxy) is 1. The van der Waals surface area contributed by atoms with Gasteiger partial charge in [0.25, 0.3) is 0 Å². The number of likely N-dealkylation sites (tertiary alicyclic amines) is 1. The molecule has 2 aliphatic rings. The molecule has 252 valence electrons. The maximum Gasteiger partial charge on any atom is 0.573 e. The molecule has 4 unspecified atom stereocenters. The van der Waals surface area contributed by atoms with Gasteiger partial charge in [0.2, 0.25) is 0 Å². The molecule has 1 saturated heterocycles. The molecule has 0 aliphatic carbocycles. The predicted octanol–water partition coefficient (Wildman–Crippen LogP) is 6.78. The number of nitrogens with zero attached hydrogens (tertiary/aromatic N) is 3. The normalized spacial score (nSPS) is 20.5. The summed E-state index contributed by atoms with van der Waals surface area (Å²) in [6.07, 6.45) is -4.54. The molecule has 9 nitrogen and oxygen atoms in total. The van der Waals surface area contributed by atoms with Gasteiger partial charge in [0.1, 0.15) is 15.7 Å². The number of amides is 2. The Balaban J connectivity index is 1.39. The van der Waals surface area contributed by atoms with Crippen molar-refractivity contribution in [3.8, 4) is 5.75 Å². The molecule has 48 heavy (non-hydrogen) atoms. The van der Waals surface area contributed by atoms with Crippen LogP contribution in [0.3, 0.4) is 0 Å². The van der Waals surface area contributed by atoms with Crippen LogP contribution in [0, 0.1) is 0 Å². The molecule has 0 bridgehead atoms. The first-order chi connectivity index (χ1) is 22.9. The van der Waals surface area contributed by atoms with E-state index < -0.39 is 46.2 Å². The summed E-state index contributed by atoms with van der Waals surface area (Å²) < 4.78 is 63.7. The second-order valence-electron chi connectivity index (χ2n) is 11.5. The Kier molecular flexibility index (Phi) is 9.57. The second kappa shape index (κ2) is 13.7. The number of anilines is 3. The zero-order valence-electron chi connectivity index (χ0n) is 25.7. The number of rotatable bonds is 6. The lowest BCUT2D eigenvalue weighted by Crippen LogP contribution is -2.66. The van der Waals surface area contributed by atoms with Crippen molar-refractivity contribution in [3.05, 3.63) is 113 Å². The summed E-state index contributed by atoms with van der Waals surface area (Å²) in [6, 6.07) is 24.9. The first-order valence-corrected chi connectivity index (χ1v) is 17.1. The van der Waals surface area contributed by atoms with Crippen LogP contribution >= 0.6 is 11.6 Å². The number of nitrogens with one attached hydrogen (secondary N) is 2. The number of alkyl halides is 3. The number of hydrogen-bond donors (Lipinski definition) is 3. The number of aliphatic hydroxyl groups is 1. The summed E-state index contributed by atoms with van der Waals surface area (Å²) in [5.41, 5.74) is 4.37. The standard InChI is InChI=1S/C34H33ClF3N5O4S/c1-39-48(46,27-17-15-26(16-18-27)47-34(36,37)38)41-28-20-42(33(45)40-25-10-6-9-24(35)19-25)21-31(32(28)44)43-29-11-4-2-7-22(29)13-14-23-8-3-5-12-30(23)43/h2-12,15-19,28,31-32,44H,13-14,20-21H2,1H3,(H,40,45)(H,39,41,46). The van der Waals surface area contributed by atoms with E-state index in [-0.39, 0.29) is 18.0 Å². The van der Waals surface area contributed by atoms with Crippen LogP contribution in [0.25, 0.3) is 0 Å².